The van der Waals surface area contributed by atoms with Gasteiger partial charge in [0.05, 0.1) is 0 Å². The van der Waals surface area contributed by atoms with Crippen molar-refractivity contribution in [3.8, 4) is 0 Å². The van der Waals surface area contributed by atoms with Crippen LogP contribution in [0.25, 0.3) is 0 Å². The van der Waals surface area contributed by atoms with Gasteiger partial charge in [-0.2, -0.15) is 0 Å². The number of benzene rings is 2. The topological polar surface area (TPSA) is 12.0 Å². The van der Waals surface area contributed by atoms with Gasteiger partial charge in [0.25, 0.3) is 0 Å². The lowest BCUT2D eigenvalue weighted by Crippen LogP contribution is -2.26. The summed E-state index contributed by atoms with van der Waals surface area (Å²) in [4.78, 5) is 0. The molecule has 21 heavy (non-hydrogen) atoms. The van der Waals surface area contributed by atoms with Gasteiger partial charge in [-0.1, -0.05) is 35.9 Å². The molecule has 1 N–H and O–H groups in total. The van der Waals surface area contributed by atoms with Crippen molar-refractivity contribution < 1.29 is 4.39 Å². The first-order valence-corrected chi connectivity index (χ1v) is 7.78. The average Bonchev–Trinajstić information content (AvgIpc) is 3.31. The highest BCUT2D eigenvalue weighted by Crippen LogP contribution is 2.42. The molecule has 1 aliphatic carbocycles. The second-order valence-electron chi connectivity index (χ2n) is 5.81. The molecule has 0 radical (unpaired) electrons. The Labute approximate surface area is 130 Å². The van der Waals surface area contributed by atoms with Crippen LogP contribution in [0.2, 0.25) is 5.02 Å². The molecule has 1 nitrogen and oxygen atoms in total. The van der Waals surface area contributed by atoms with E-state index in [9.17, 15) is 4.39 Å². The van der Waals surface area contributed by atoms with E-state index >= 15 is 0 Å². The molecule has 3 heteroatoms. The quantitative estimate of drug-likeness (QED) is 0.792. The summed E-state index contributed by atoms with van der Waals surface area (Å²) in [6.45, 7) is 2.12. The van der Waals surface area contributed by atoms with Crippen LogP contribution >= 0.6 is 11.6 Å². The molecule has 1 saturated carbocycles. The molecule has 2 aromatic rings. The Bertz CT molecular complexity index is 590. The van der Waals surface area contributed by atoms with Gasteiger partial charge in [-0.3, -0.25) is 0 Å². The van der Waals surface area contributed by atoms with E-state index in [1.165, 1.54) is 30.5 Å². The molecule has 0 aliphatic heterocycles. The van der Waals surface area contributed by atoms with Crippen LogP contribution in [0.3, 0.4) is 0 Å². The Kier molecular flexibility index (Phi) is 4.27. The molecular weight excluding hydrogens is 285 g/mol. The highest BCUT2D eigenvalue weighted by molar-refractivity contribution is 6.30. The summed E-state index contributed by atoms with van der Waals surface area (Å²) in [7, 11) is 0. The predicted octanol–water partition coefficient (Wildman–Crippen LogP) is 5.28. The molecule has 2 atom stereocenters. The molecule has 2 aromatic carbocycles. The fourth-order valence-electron chi connectivity index (χ4n) is 2.72. The van der Waals surface area contributed by atoms with Crippen molar-refractivity contribution in [3.05, 3.63) is 70.5 Å². The smallest absolute Gasteiger partial charge is 0.123 e. The van der Waals surface area contributed by atoms with Crippen LogP contribution in [0.5, 0.6) is 0 Å². The maximum atomic E-state index is 13.0. The Morgan fingerprint density at radius 1 is 1.00 bits per heavy atom. The van der Waals surface area contributed by atoms with E-state index in [0.717, 1.165) is 10.6 Å². The SMILES string of the molecule is C[C@H](NC(c1ccc(Cl)cc1)C1CC1)c1ccc(F)cc1. The highest BCUT2D eigenvalue weighted by Gasteiger charge is 2.33. The number of hydrogen-bond donors (Lipinski definition) is 1. The molecule has 0 aromatic heterocycles. The van der Waals surface area contributed by atoms with E-state index in [-0.39, 0.29) is 11.9 Å². The van der Waals surface area contributed by atoms with E-state index < -0.39 is 0 Å². The van der Waals surface area contributed by atoms with Crippen molar-refractivity contribution in [2.75, 3.05) is 0 Å². The zero-order valence-corrected chi connectivity index (χ0v) is 12.8. The molecule has 0 saturated heterocycles. The molecule has 110 valence electrons. The average molecular weight is 304 g/mol. The molecule has 0 heterocycles. The van der Waals surface area contributed by atoms with Gasteiger partial charge in [0.15, 0.2) is 0 Å². The summed E-state index contributed by atoms with van der Waals surface area (Å²) in [6, 6.07) is 15.3. The van der Waals surface area contributed by atoms with Crippen LogP contribution in [-0.2, 0) is 0 Å². The summed E-state index contributed by atoms with van der Waals surface area (Å²) in [5.41, 5.74) is 2.38. The summed E-state index contributed by atoms with van der Waals surface area (Å²) in [6.07, 6.45) is 2.52. The largest absolute Gasteiger partial charge is 0.303 e. The third-order valence-corrected chi connectivity index (χ3v) is 4.37. The van der Waals surface area contributed by atoms with Crippen molar-refractivity contribution in [2.24, 2.45) is 5.92 Å². The number of hydrogen-bond acceptors (Lipinski definition) is 1. The number of rotatable bonds is 5. The van der Waals surface area contributed by atoms with Crippen molar-refractivity contribution in [2.45, 2.75) is 31.8 Å². The lowest BCUT2D eigenvalue weighted by molar-refractivity contribution is 0.427. The zero-order chi connectivity index (χ0) is 14.8. The summed E-state index contributed by atoms with van der Waals surface area (Å²) >= 11 is 5.97. The molecule has 0 amide bonds. The maximum absolute atomic E-state index is 13.0. The molecule has 3 rings (SSSR count). The van der Waals surface area contributed by atoms with Crippen LogP contribution in [0.4, 0.5) is 4.39 Å². The van der Waals surface area contributed by atoms with Crippen molar-refractivity contribution in [1.82, 2.24) is 5.32 Å². The monoisotopic (exact) mass is 303 g/mol. The van der Waals surface area contributed by atoms with Crippen LogP contribution in [0, 0.1) is 11.7 Å². The minimum absolute atomic E-state index is 0.187. The third kappa shape index (κ3) is 3.63. The lowest BCUT2D eigenvalue weighted by Gasteiger charge is -2.24. The zero-order valence-electron chi connectivity index (χ0n) is 12.0. The van der Waals surface area contributed by atoms with Crippen molar-refractivity contribution in [1.29, 1.82) is 0 Å². The Morgan fingerprint density at radius 2 is 1.57 bits per heavy atom. The third-order valence-electron chi connectivity index (χ3n) is 4.12. The lowest BCUT2D eigenvalue weighted by atomic mass is 9.99. The van der Waals surface area contributed by atoms with E-state index in [0.29, 0.717) is 12.0 Å². The van der Waals surface area contributed by atoms with Gasteiger partial charge in [0.2, 0.25) is 0 Å². The van der Waals surface area contributed by atoms with E-state index in [2.05, 4.69) is 24.4 Å². The molecule has 0 spiro atoms. The molecule has 1 unspecified atom stereocenters. The fraction of sp³-hybridized carbons (Fsp3) is 0.333. The predicted molar refractivity (Wildman–Crippen MR) is 84.9 cm³/mol. The van der Waals surface area contributed by atoms with Crippen LogP contribution < -0.4 is 5.32 Å². The molecule has 1 aliphatic rings. The Morgan fingerprint density at radius 3 is 2.14 bits per heavy atom. The van der Waals surface area contributed by atoms with Gasteiger partial charge >= 0.3 is 0 Å². The van der Waals surface area contributed by atoms with E-state index in [4.69, 9.17) is 11.6 Å². The highest BCUT2D eigenvalue weighted by atomic mass is 35.5. The van der Waals surface area contributed by atoms with Crippen LogP contribution in [0.1, 0.15) is 43.0 Å². The van der Waals surface area contributed by atoms with Gasteiger partial charge in [-0.05, 0) is 61.1 Å². The standard InChI is InChI=1S/C18H19ClFN/c1-12(13-6-10-17(20)11-7-13)21-18(14-2-3-14)15-4-8-16(19)9-5-15/h4-12,14,18,21H,2-3H2,1H3/t12-,18?/m0/s1. The summed E-state index contributed by atoms with van der Waals surface area (Å²) in [5, 5.41) is 4.45. The van der Waals surface area contributed by atoms with Crippen molar-refractivity contribution >= 4 is 11.6 Å². The second kappa shape index (κ2) is 6.17. The number of halogens is 2. The molecular formula is C18H19ClFN. The molecule has 1 fully saturated rings. The summed E-state index contributed by atoms with van der Waals surface area (Å²) in [5.74, 6) is 0.497. The first-order chi connectivity index (χ1) is 10.1. The minimum Gasteiger partial charge on any atom is -0.303 e. The Balaban J connectivity index is 1.76. The fourth-order valence-corrected chi connectivity index (χ4v) is 2.85. The summed E-state index contributed by atoms with van der Waals surface area (Å²) < 4.78 is 13.0. The van der Waals surface area contributed by atoms with Gasteiger partial charge in [0.1, 0.15) is 5.82 Å². The van der Waals surface area contributed by atoms with Gasteiger partial charge < -0.3 is 5.32 Å². The van der Waals surface area contributed by atoms with Crippen LogP contribution in [0.15, 0.2) is 48.5 Å². The van der Waals surface area contributed by atoms with Crippen LogP contribution in [-0.4, -0.2) is 0 Å². The molecule has 0 bridgehead atoms. The van der Waals surface area contributed by atoms with Gasteiger partial charge in [-0.25, -0.2) is 4.39 Å². The first kappa shape index (κ1) is 14.6. The van der Waals surface area contributed by atoms with E-state index in [1.807, 2.05) is 24.3 Å². The number of nitrogens with one attached hydrogen (secondary N) is 1. The normalized spacial score (nSPS) is 17.5. The maximum Gasteiger partial charge on any atom is 0.123 e. The first-order valence-electron chi connectivity index (χ1n) is 7.40. The van der Waals surface area contributed by atoms with Gasteiger partial charge in [0, 0.05) is 17.1 Å². The second-order valence-corrected chi connectivity index (χ2v) is 6.24. The van der Waals surface area contributed by atoms with Crippen molar-refractivity contribution in [3.63, 3.8) is 0 Å². The minimum atomic E-state index is -0.192. The van der Waals surface area contributed by atoms with E-state index in [1.54, 1.807) is 0 Å². The van der Waals surface area contributed by atoms with Gasteiger partial charge in [-0.15, -0.1) is 0 Å². The Hall–Kier alpha value is -1.38.